The molecule has 0 heterocycles. The third kappa shape index (κ3) is 7.61. The van der Waals surface area contributed by atoms with Gasteiger partial charge >= 0.3 is 6.09 Å². The molecule has 2 aliphatic carbocycles. The van der Waals surface area contributed by atoms with Crippen LogP contribution in [0.1, 0.15) is 69.4 Å². The van der Waals surface area contributed by atoms with Gasteiger partial charge in [-0.15, -0.1) is 0 Å². The van der Waals surface area contributed by atoms with Gasteiger partial charge in [0.2, 0.25) is 17.7 Å². The predicted molar refractivity (Wildman–Crippen MR) is 152 cm³/mol. The fourth-order valence-corrected chi connectivity index (χ4v) is 5.21. The van der Waals surface area contributed by atoms with E-state index in [-0.39, 0.29) is 30.3 Å². The number of rotatable bonds is 14. The number of carbonyl (C=O) groups is 4. The van der Waals surface area contributed by atoms with E-state index in [0.717, 1.165) is 24.0 Å². The predicted octanol–water partition coefficient (Wildman–Crippen LogP) is 3.61. The molecule has 0 unspecified atom stereocenters. The molecule has 0 aromatic heterocycles. The third-order valence-corrected chi connectivity index (χ3v) is 7.48. The van der Waals surface area contributed by atoms with Crippen molar-refractivity contribution < 1.29 is 23.9 Å². The van der Waals surface area contributed by atoms with E-state index >= 15 is 0 Å². The Morgan fingerprint density at radius 2 is 1.52 bits per heavy atom. The normalized spacial score (nSPS) is 15.5. The van der Waals surface area contributed by atoms with Crippen LogP contribution in [0.3, 0.4) is 0 Å². The van der Waals surface area contributed by atoms with Crippen molar-refractivity contribution in [2.24, 2.45) is 17.6 Å². The summed E-state index contributed by atoms with van der Waals surface area (Å²) in [7, 11) is 0. The van der Waals surface area contributed by atoms with Crippen LogP contribution in [0, 0.1) is 11.8 Å². The number of nitrogens with two attached hydrogens (primary N) is 1. The first-order valence-corrected chi connectivity index (χ1v) is 14.2. The Balaban J connectivity index is 1.22. The summed E-state index contributed by atoms with van der Waals surface area (Å²) >= 11 is 0. The van der Waals surface area contributed by atoms with Crippen LogP contribution < -0.4 is 21.7 Å². The number of alkyl carbamates (subject to hydrolysis) is 1. The zero-order chi connectivity index (χ0) is 28.6. The molecule has 0 aliphatic heterocycles. The highest BCUT2D eigenvalue weighted by molar-refractivity contribution is 5.92. The zero-order valence-corrected chi connectivity index (χ0v) is 23.3. The average Bonchev–Trinajstić information content (AvgIpc) is 3.73. The maximum Gasteiger partial charge on any atom is 0.407 e. The van der Waals surface area contributed by atoms with E-state index < -0.39 is 30.0 Å². The van der Waals surface area contributed by atoms with E-state index in [2.05, 4.69) is 40.2 Å². The smallest absolute Gasteiger partial charge is 0.407 e. The van der Waals surface area contributed by atoms with E-state index in [4.69, 9.17) is 10.5 Å². The SMILES string of the molecule is CC(C)C[C@H](NC(=O)[C@H](CCCCNC(=O)OCC1c2ccccc2-c2ccccc21)NC(=O)C1CC1)C(N)=O. The van der Waals surface area contributed by atoms with Gasteiger partial charge < -0.3 is 26.4 Å². The minimum atomic E-state index is -0.789. The van der Waals surface area contributed by atoms with Gasteiger partial charge in [-0.3, -0.25) is 14.4 Å². The van der Waals surface area contributed by atoms with Gasteiger partial charge in [0.1, 0.15) is 18.7 Å². The van der Waals surface area contributed by atoms with Crippen molar-refractivity contribution >= 4 is 23.8 Å². The van der Waals surface area contributed by atoms with Gasteiger partial charge in [0.25, 0.3) is 0 Å². The van der Waals surface area contributed by atoms with Gasteiger partial charge in [0.05, 0.1) is 0 Å². The second kappa shape index (κ2) is 13.5. The largest absolute Gasteiger partial charge is 0.449 e. The second-order valence-corrected chi connectivity index (χ2v) is 11.2. The van der Waals surface area contributed by atoms with Gasteiger partial charge in [-0.25, -0.2) is 4.79 Å². The molecule has 40 heavy (non-hydrogen) atoms. The highest BCUT2D eigenvalue weighted by Crippen LogP contribution is 2.44. The van der Waals surface area contributed by atoms with Gasteiger partial charge in [0.15, 0.2) is 0 Å². The number of benzene rings is 2. The van der Waals surface area contributed by atoms with Crippen LogP contribution in [0.25, 0.3) is 11.1 Å². The van der Waals surface area contributed by atoms with Gasteiger partial charge in [-0.2, -0.15) is 0 Å². The third-order valence-electron chi connectivity index (χ3n) is 7.48. The number of amides is 4. The molecule has 0 saturated heterocycles. The molecule has 9 heteroatoms. The minimum absolute atomic E-state index is 0.00702. The molecule has 2 atom stereocenters. The summed E-state index contributed by atoms with van der Waals surface area (Å²) in [4.78, 5) is 49.6. The lowest BCUT2D eigenvalue weighted by molar-refractivity contribution is -0.132. The first-order valence-electron chi connectivity index (χ1n) is 14.2. The van der Waals surface area contributed by atoms with E-state index in [1.807, 2.05) is 38.1 Å². The highest BCUT2D eigenvalue weighted by Gasteiger charge is 2.33. The summed E-state index contributed by atoms with van der Waals surface area (Å²) < 4.78 is 5.57. The Morgan fingerprint density at radius 1 is 0.900 bits per heavy atom. The summed E-state index contributed by atoms with van der Waals surface area (Å²) in [5, 5.41) is 8.33. The monoisotopic (exact) mass is 548 g/mol. The summed E-state index contributed by atoms with van der Waals surface area (Å²) in [5.41, 5.74) is 10.1. The van der Waals surface area contributed by atoms with Crippen LogP contribution in [-0.2, 0) is 19.1 Å². The van der Waals surface area contributed by atoms with Crippen molar-refractivity contribution in [3.8, 4) is 11.1 Å². The molecule has 0 bridgehead atoms. The maximum absolute atomic E-state index is 13.0. The summed E-state index contributed by atoms with van der Waals surface area (Å²) in [6, 6.07) is 14.8. The second-order valence-electron chi connectivity index (χ2n) is 11.2. The molecule has 4 amide bonds. The number of primary amides is 1. The van der Waals surface area contributed by atoms with Gasteiger partial charge in [-0.05, 0) is 66.7 Å². The lowest BCUT2D eigenvalue weighted by Gasteiger charge is -2.23. The molecular formula is C31H40N4O5. The number of unbranched alkanes of at least 4 members (excludes halogenated alkanes) is 1. The number of hydrogen-bond donors (Lipinski definition) is 4. The molecule has 1 fully saturated rings. The highest BCUT2D eigenvalue weighted by atomic mass is 16.5. The van der Waals surface area contributed by atoms with Crippen LogP contribution in [0.5, 0.6) is 0 Å². The first kappa shape index (κ1) is 29.1. The Morgan fingerprint density at radius 3 is 2.10 bits per heavy atom. The molecule has 0 spiro atoms. The zero-order valence-electron chi connectivity index (χ0n) is 23.3. The van der Waals surface area contributed by atoms with Crippen LogP contribution in [0.4, 0.5) is 4.79 Å². The van der Waals surface area contributed by atoms with E-state index in [9.17, 15) is 19.2 Å². The molecule has 2 aromatic carbocycles. The van der Waals surface area contributed by atoms with Gasteiger partial charge in [0, 0.05) is 18.4 Å². The summed E-state index contributed by atoms with van der Waals surface area (Å²) in [5.74, 6) is -1.04. The Bertz CT molecular complexity index is 1180. The Hall–Kier alpha value is -3.88. The van der Waals surface area contributed by atoms with Crippen LogP contribution in [0.15, 0.2) is 48.5 Å². The maximum atomic E-state index is 13.0. The molecule has 214 valence electrons. The fourth-order valence-electron chi connectivity index (χ4n) is 5.21. The fraction of sp³-hybridized carbons (Fsp3) is 0.484. The van der Waals surface area contributed by atoms with Crippen molar-refractivity contribution in [2.75, 3.05) is 13.2 Å². The number of fused-ring (bicyclic) bond motifs is 3. The number of hydrogen-bond acceptors (Lipinski definition) is 5. The standard InChI is InChI=1S/C31H40N4O5/c1-19(2)17-27(28(32)36)35-30(38)26(34-29(37)20-14-15-20)13-7-8-16-33-31(39)40-18-25-23-11-5-3-9-21(23)22-10-4-6-12-24(22)25/h3-6,9-12,19-20,25-27H,7-8,13-18H2,1-2H3,(H2,32,36)(H,33,39)(H,34,37)(H,35,38)/t26-,27-/m0/s1. The minimum Gasteiger partial charge on any atom is -0.449 e. The molecular weight excluding hydrogens is 508 g/mol. The van der Waals surface area contributed by atoms with Gasteiger partial charge in [-0.1, -0.05) is 62.4 Å². The summed E-state index contributed by atoms with van der Waals surface area (Å²) in [6.07, 6.45) is 3.13. The van der Waals surface area contributed by atoms with Crippen molar-refractivity contribution in [2.45, 2.75) is 70.4 Å². The molecule has 1 saturated carbocycles. The lowest BCUT2D eigenvalue weighted by atomic mass is 9.98. The first-order chi connectivity index (χ1) is 19.2. The van der Waals surface area contributed by atoms with E-state index in [1.54, 1.807) is 0 Å². The molecule has 9 nitrogen and oxygen atoms in total. The topological polar surface area (TPSA) is 140 Å². The quantitative estimate of drug-likeness (QED) is 0.267. The Labute approximate surface area is 235 Å². The van der Waals surface area contributed by atoms with Crippen molar-refractivity contribution in [3.63, 3.8) is 0 Å². The number of nitrogens with one attached hydrogen (secondary N) is 3. The number of ether oxygens (including phenoxy) is 1. The van der Waals surface area contributed by atoms with E-state index in [0.29, 0.717) is 32.2 Å². The van der Waals surface area contributed by atoms with Crippen molar-refractivity contribution in [3.05, 3.63) is 59.7 Å². The van der Waals surface area contributed by atoms with Crippen LogP contribution in [-0.4, -0.2) is 49.1 Å². The molecule has 2 aromatic rings. The molecule has 0 radical (unpaired) electrons. The van der Waals surface area contributed by atoms with Crippen molar-refractivity contribution in [1.82, 2.24) is 16.0 Å². The van der Waals surface area contributed by atoms with E-state index in [1.165, 1.54) is 11.1 Å². The van der Waals surface area contributed by atoms with Crippen LogP contribution in [0.2, 0.25) is 0 Å². The number of carbonyl (C=O) groups excluding carboxylic acids is 4. The Kier molecular flexibility index (Phi) is 9.79. The van der Waals surface area contributed by atoms with Crippen molar-refractivity contribution in [1.29, 1.82) is 0 Å². The lowest BCUT2D eigenvalue weighted by Crippen LogP contribution is -2.53. The molecule has 2 aliphatic rings. The molecule has 4 rings (SSSR count). The summed E-state index contributed by atoms with van der Waals surface area (Å²) in [6.45, 7) is 4.50. The molecule has 5 N–H and O–H groups in total. The average molecular weight is 549 g/mol. The van der Waals surface area contributed by atoms with Crippen LogP contribution >= 0.6 is 0 Å².